The lowest BCUT2D eigenvalue weighted by molar-refractivity contribution is -0.145. The summed E-state index contributed by atoms with van der Waals surface area (Å²) in [5.41, 5.74) is 0.732. The van der Waals surface area contributed by atoms with Gasteiger partial charge in [0.2, 0.25) is 21.8 Å². The number of nitrogens with zero attached hydrogens (tertiary/aromatic N) is 3. The number of likely N-dealkylation sites (N-methyl/N-ethyl adjacent to an activating group) is 1. The lowest BCUT2D eigenvalue weighted by atomic mass is 9.94. The van der Waals surface area contributed by atoms with Crippen LogP contribution in [0.25, 0.3) is 0 Å². The fourth-order valence-electron chi connectivity index (χ4n) is 3.60. The molecular formula is C18H25N3O4S. The third-order valence-electron chi connectivity index (χ3n) is 5.15. The largest absolute Gasteiger partial charge is 0.347 e. The minimum Gasteiger partial charge on any atom is -0.347 e. The Morgan fingerprint density at radius 3 is 2.50 bits per heavy atom. The maximum absolute atomic E-state index is 12.9. The summed E-state index contributed by atoms with van der Waals surface area (Å²) in [5.74, 6) is -0.689. The lowest BCUT2D eigenvalue weighted by Gasteiger charge is -2.36. The second kappa shape index (κ2) is 7.36. The monoisotopic (exact) mass is 379 g/mol. The molecule has 2 atom stereocenters. The summed E-state index contributed by atoms with van der Waals surface area (Å²) in [7, 11) is -0.214. The summed E-state index contributed by atoms with van der Waals surface area (Å²) in [6.45, 7) is 0.481. The third-order valence-corrected chi connectivity index (χ3v) is 6.93. The summed E-state index contributed by atoms with van der Waals surface area (Å²) in [5, 5.41) is 0. The van der Waals surface area contributed by atoms with Crippen molar-refractivity contribution in [1.29, 1.82) is 0 Å². The molecule has 3 heterocycles. The van der Waals surface area contributed by atoms with E-state index in [0.29, 0.717) is 6.42 Å². The van der Waals surface area contributed by atoms with Gasteiger partial charge in [-0.1, -0.05) is 30.3 Å². The minimum absolute atomic E-state index is 0.0135. The van der Waals surface area contributed by atoms with Gasteiger partial charge in [0, 0.05) is 33.2 Å². The molecule has 2 amide bonds. The zero-order valence-corrected chi connectivity index (χ0v) is 16.0. The van der Waals surface area contributed by atoms with Gasteiger partial charge in [-0.3, -0.25) is 9.59 Å². The van der Waals surface area contributed by atoms with Crippen LogP contribution in [0.15, 0.2) is 30.3 Å². The zero-order valence-electron chi connectivity index (χ0n) is 15.2. The Hall–Kier alpha value is -1.93. The standard InChI is InChI=1S/C18H25N3O4S/c1-19(2)17(22)12-21-16-9-8-15(18(21)23)10-20(11-16)26(24,25)13-14-6-4-3-5-7-14/h3-7,15-16H,8-13H2,1-2H3/t15-,16+/m0/s1. The van der Waals surface area contributed by atoms with Gasteiger partial charge >= 0.3 is 0 Å². The van der Waals surface area contributed by atoms with E-state index in [0.717, 1.165) is 12.0 Å². The number of amides is 2. The molecule has 0 spiro atoms. The van der Waals surface area contributed by atoms with Crippen LogP contribution in [0.1, 0.15) is 18.4 Å². The van der Waals surface area contributed by atoms with E-state index in [9.17, 15) is 18.0 Å². The van der Waals surface area contributed by atoms with E-state index in [-0.39, 0.29) is 49.2 Å². The molecule has 3 aliphatic heterocycles. The number of fused-ring (bicyclic) bond motifs is 4. The van der Waals surface area contributed by atoms with Gasteiger partial charge in [0.05, 0.1) is 11.7 Å². The van der Waals surface area contributed by atoms with Gasteiger partial charge in [-0.05, 0) is 18.4 Å². The van der Waals surface area contributed by atoms with E-state index in [1.165, 1.54) is 9.21 Å². The molecule has 7 nitrogen and oxygen atoms in total. The fourth-order valence-corrected chi connectivity index (χ4v) is 5.20. The average molecular weight is 379 g/mol. The molecule has 4 rings (SSSR count). The molecule has 0 N–H and O–H groups in total. The molecule has 0 radical (unpaired) electrons. The molecule has 3 aliphatic rings. The van der Waals surface area contributed by atoms with Gasteiger partial charge in [0.15, 0.2) is 0 Å². The molecule has 8 heteroatoms. The van der Waals surface area contributed by atoms with Crippen LogP contribution in [-0.2, 0) is 25.4 Å². The minimum atomic E-state index is -3.52. The van der Waals surface area contributed by atoms with Crippen LogP contribution >= 0.6 is 0 Å². The molecule has 0 aromatic heterocycles. The quantitative estimate of drug-likeness (QED) is 0.748. The Bertz CT molecular complexity index is 779. The molecule has 0 saturated carbocycles. The van der Waals surface area contributed by atoms with E-state index in [2.05, 4.69) is 0 Å². The van der Waals surface area contributed by atoms with Crippen molar-refractivity contribution in [2.45, 2.75) is 24.6 Å². The van der Waals surface area contributed by atoms with Crippen LogP contribution in [0, 0.1) is 5.92 Å². The Morgan fingerprint density at radius 1 is 1.15 bits per heavy atom. The second-order valence-electron chi connectivity index (χ2n) is 7.24. The highest BCUT2D eigenvalue weighted by Gasteiger charge is 2.44. The highest BCUT2D eigenvalue weighted by atomic mass is 32.2. The first-order valence-corrected chi connectivity index (χ1v) is 10.4. The maximum Gasteiger partial charge on any atom is 0.241 e. The van der Waals surface area contributed by atoms with Crippen molar-refractivity contribution in [2.75, 3.05) is 33.7 Å². The summed E-state index contributed by atoms with van der Waals surface area (Å²) < 4.78 is 27.2. The molecule has 0 aliphatic carbocycles. The van der Waals surface area contributed by atoms with E-state index in [4.69, 9.17) is 0 Å². The molecule has 1 aromatic carbocycles. The Balaban J connectivity index is 1.78. The smallest absolute Gasteiger partial charge is 0.241 e. The average Bonchev–Trinajstić information content (AvgIpc) is 2.89. The molecule has 2 bridgehead atoms. The molecule has 26 heavy (non-hydrogen) atoms. The van der Waals surface area contributed by atoms with E-state index < -0.39 is 10.0 Å². The topological polar surface area (TPSA) is 78.0 Å². The van der Waals surface area contributed by atoms with Crippen LogP contribution in [-0.4, -0.2) is 74.1 Å². The van der Waals surface area contributed by atoms with Crippen LogP contribution in [0.2, 0.25) is 0 Å². The van der Waals surface area contributed by atoms with Crippen LogP contribution in [0.5, 0.6) is 0 Å². The summed E-state index contributed by atoms with van der Waals surface area (Å²) in [6.07, 6.45) is 1.40. The van der Waals surface area contributed by atoms with E-state index in [1.807, 2.05) is 18.2 Å². The maximum atomic E-state index is 12.9. The molecular weight excluding hydrogens is 354 g/mol. The van der Waals surface area contributed by atoms with Gasteiger partial charge in [-0.25, -0.2) is 8.42 Å². The number of hydrogen-bond donors (Lipinski definition) is 0. The van der Waals surface area contributed by atoms with Crippen molar-refractivity contribution >= 4 is 21.8 Å². The number of sulfonamides is 1. The van der Waals surface area contributed by atoms with Gasteiger partial charge in [-0.2, -0.15) is 4.31 Å². The third kappa shape index (κ3) is 3.91. The fraction of sp³-hybridized carbons (Fsp3) is 0.556. The Labute approximate surface area is 154 Å². The van der Waals surface area contributed by atoms with Gasteiger partial charge in [-0.15, -0.1) is 0 Å². The van der Waals surface area contributed by atoms with Crippen molar-refractivity contribution < 1.29 is 18.0 Å². The molecule has 3 fully saturated rings. The summed E-state index contributed by atoms with van der Waals surface area (Å²) >= 11 is 0. The van der Waals surface area contributed by atoms with Crippen molar-refractivity contribution in [2.24, 2.45) is 5.92 Å². The number of benzene rings is 1. The van der Waals surface area contributed by atoms with Crippen LogP contribution in [0.3, 0.4) is 0 Å². The zero-order chi connectivity index (χ0) is 18.9. The van der Waals surface area contributed by atoms with Gasteiger partial charge < -0.3 is 9.80 Å². The van der Waals surface area contributed by atoms with Gasteiger partial charge in [0.1, 0.15) is 6.54 Å². The number of piperidine rings is 1. The molecule has 142 valence electrons. The van der Waals surface area contributed by atoms with E-state index in [1.54, 1.807) is 31.1 Å². The normalized spacial score (nSPS) is 23.8. The van der Waals surface area contributed by atoms with Crippen LogP contribution in [0.4, 0.5) is 0 Å². The second-order valence-corrected chi connectivity index (χ2v) is 9.21. The van der Waals surface area contributed by atoms with Crippen molar-refractivity contribution in [3.8, 4) is 0 Å². The number of rotatable bonds is 5. The van der Waals surface area contributed by atoms with E-state index >= 15 is 0 Å². The number of carbonyl (C=O) groups is 2. The number of hydrogen-bond acceptors (Lipinski definition) is 4. The highest BCUT2D eigenvalue weighted by molar-refractivity contribution is 7.88. The van der Waals surface area contributed by atoms with Crippen molar-refractivity contribution in [3.63, 3.8) is 0 Å². The Kier molecular flexibility index (Phi) is 5.34. The first kappa shape index (κ1) is 18.8. The van der Waals surface area contributed by atoms with Crippen LogP contribution < -0.4 is 0 Å². The predicted molar refractivity (Wildman–Crippen MR) is 97.6 cm³/mol. The first-order chi connectivity index (χ1) is 12.3. The molecule has 3 saturated heterocycles. The summed E-state index contributed by atoms with van der Waals surface area (Å²) in [4.78, 5) is 27.8. The SMILES string of the molecule is CN(C)C(=O)CN1C(=O)[C@H]2CC[C@@H]1CN(S(=O)(=O)Cc1ccccc1)C2. The van der Waals surface area contributed by atoms with Crippen molar-refractivity contribution in [1.82, 2.24) is 14.1 Å². The molecule has 0 unspecified atom stereocenters. The lowest BCUT2D eigenvalue weighted by Crippen LogP contribution is -2.51. The van der Waals surface area contributed by atoms with Crippen molar-refractivity contribution in [3.05, 3.63) is 35.9 Å². The molecule has 1 aromatic rings. The predicted octanol–water partition coefficient (Wildman–Crippen LogP) is 0.527. The summed E-state index contributed by atoms with van der Waals surface area (Å²) in [6, 6.07) is 8.81. The highest BCUT2D eigenvalue weighted by Crippen LogP contribution is 2.31. The first-order valence-electron chi connectivity index (χ1n) is 8.80. The Morgan fingerprint density at radius 2 is 1.85 bits per heavy atom. The van der Waals surface area contributed by atoms with Gasteiger partial charge in [0.25, 0.3) is 0 Å². The number of carbonyl (C=O) groups excluding carboxylic acids is 2.